The van der Waals surface area contributed by atoms with Crippen molar-refractivity contribution in [3.63, 3.8) is 0 Å². The molecule has 1 unspecified atom stereocenters. The number of rotatable bonds is 7. The van der Waals surface area contributed by atoms with Gasteiger partial charge in [0.15, 0.2) is 0 Å². The smallest absolute Gasteiger partial charge is 0.388 e. The maximum absolute atomic E-state index is 13.8. The van der Waals surface area contributed by atoms with E-state index >= 15 is 0 Å². The molecule has 3 heterocycles. The molecule has 1 saturated carbocycles. The number of hydrogen-bond acceptors (Lipinski definition) is 6. The first-order valence-corrected chi connectivity index (χ1v) is 15.0. The number of amides is 2. The average molecular weight is 624 g/mol. The maximum atomic E-state index is 13.8. The summed E-state index contributed by atoms with van der Waals surface area (Å²) < 4.78 is 29.5. The number of carbonyl (C=O) groups excluding carboxylic acids is 2. The highest BCUT2D eigenvalue weighted by Gasteiger charge is 2.38. The number of nitrogen functional groups attached to an aromatic ring is 1. The Labute approximate surface area is 266 Å². The molecule has 3 aliphatic rings. The molecule has 244 valence electrons. The van der Waals surface area contributed by atoms with Gasteiger partial charge in [0.1, 0.15) is 0 Å². The Hall–Kier alpha value is -4.39. The number of aromatic nitrogens is 1. The van der Waals surface area contributed by atoms with E-state index in [0.29, 0.717) is 32.0 Å². The number of likely N-dealkylation sites (tertiary alicyclic amines) is 1. The lowest BCUT2D eigenvalue weighted by atomic mass is 9.92. The molecule has 1 aromatic carbocycles. The summed E-state index contributed by atoms with van der Waals surface area (Å²) in [5.74, 6) is -0.228. The van der Waals surface area contributed by atoms with Gasteiger partial charge < -0.3 is 25.2 Å². The number of nitrogens with two attached hydrogens (primary N) is 1. The normalized spacial score (nSPS) is 17.3. The molecule has 1 saturated heterocycles. The van der Waals surface area contributed by atoms with E-state index in [9.17, 15) is 18.4 Å². The lowest BCUT2D eigenvalue weighted by Gasteiger charge is -2.42. The molecule has 8 nitrogen and oxygen atoms in total. The number of halogens is 2. The van der Waals surface area contributed by atoms with E-state index in [1.165, 1.54) is 37.1 Å². The van der Waals surface area contributed by atoms with Crippen LogP contribution in [0.25, 0.3) is 0 Å². The fourth-order valence-corrected chi connectivity index (χ4v) is 5.64. The second-order valence-corrected chi connectivity index (χ2v) is 10.9. The van der Waals surface area contributed by atoms with Gasteiger partial charge in [-0.15, -0.1) is 12.8 Å². The molecule has 2 fully saturated rings. The zero-order valence-electron chi connectivity index (χ0n) is 25.8. The number of benzene rings is 1. The van der Waals surface area contributed by atoms with Crippen LogP contribution in [0.4, 0.5) is 20.2 Å². The Bertz CT molecular complexity index is 1350. The van der Waals surface area contributed by atoms with Crippen molar-refractivity contribution in [3.8, 4) is 18.7 Å². The number of alkyl halides is 2. The van der Waals surface area contributed by atoms with Gasteiger partial charge >= 0.3 is 6.61 Å². The van der Waals surface area contributed by atoms with Crippen molar-refractivity contribution in [3.05, 3.63) is 71.6 Å². The van der Waals surface area contributed by atoms with Crippen LogP contribution in [-0.4, -0.2) is 65.9 Å². The molecule has 2 amide bonds. The van der Waals surface area contributed by atoms with Crippen LogP contribution >= 0.6 is 0 Å². The highest BCUT2D eigenvalue weighted by atomic mass is 19.3. The molecule has 2 N–H and O–H groups in total. The van der Waals surface area contributed by atoms with Gasteiger partial charge in [0.2, 0.25) is 11.8 Å². The first kappa shape index (κ1) is 36.8. The number of anilines is 2. The van der Waals surface area contributed by atoms with Crippen molar-refractivity contribution in [1.82, 2.24) is 14.8 Å². The maximum Gasteiger partial charge on any atom is 0.388 e. The second-order valence-electron chi connectivity index (χ2n) is 10.9. The van der Waals surface area contributed by atoms with E-state index in [0.717, 1.165) is 35.9 Å². The second kappa shape index (κ2) is 17.2. The summed E-state index contributed by atoms with van der Waals surface area (Å²) in [6.45, 7) is 6.12. The largest absolute Gasteiger partial charge is 0.417 e. The molecule has 0 spiro atoms. The molecule has 0 bridgehead atoms. The molecular weight excluding hydrogens is 576 g/mol. The topological polar surface area (TPSA) is 92.0 Å². The minimum absolute atomic E-state index is 0. The molecule has 10 heteroatoms. The van der Waals surface area contributed by atoms with Gasteiger partial charge in [-0.1, -0.05) is 46.4 Å². The molecule has 2 aromatic rings. The third-order valence-corrected chi connectivity index (χ3v) is 7.84. The summed E-state index contributed by atoms with van der Waals surface area (Å²) in [5.41, 5.74) is 10.9. The van der Waals surface area contributed by atoms with Crippen molar-refractivity contribution in [2.75, 3.05) is 37.3 Å². The first-order chi connectivity index (χ1) is 21.2. The summed E-state index contributed by atoms with van der Waals surface area (Å²) in [5, 5.41) is 0. The SMILES string of the molecule is C.C#C.C=CC(=O)N1CCCC2=C(N(C)c3ccc(C4CC4)cc3)CCN(C(=O)c3cnc(OC(F)F)cc3N)C2C1.CCC. The van der Waals surface area contributed by atoms with E-state index in [-0.39, 0.29) is 42.4 Å². The van der Waals surface area contributed by atoms with E-state index in [1.807, 2.05) is 7.05 Å². The summed E-state index contributed by atoms with van der Waals surface area (Å²) in [6, 6.07) is 9.43. The quantitative estimate of drug-likeness (QED) is 0.268. The molecule has 45 heavy (non-hydrogen) atoms. The van der Waals surface area contributed by atoms with Crippen LogP contribution in [0.2, 0.25) is 0 Å². The molecule has 1 atom stereocenters. The van der Waals surface area contributed by atoms with Crippen LogP contribution in [-0.2, 0) is 4.79 Å². The fourth-order valence-electron chi connectivity index (χ4n) is 5.64. The van der Waals surface area contributed by atoms with Crippen LogP contribution in [0.5, 0.6) is 5.88 Å². The minimum Gasteiger partial charge on any atom is -0.417 e. The Morgan fingerprint density at radius 1 is 1.18 bits per heavy atom. The fraction of sp³-hybridized carbons (Fsp3) is 0.457. The summed E-state index contributed by atoms with van der Waals surface area (Å²) in [7, 11) is 2.05. The number of ether oxygens (including phenoxy) is 1. The van der Waals surface area contributed by atoms with E-state index < -0.39 is 6.61 Å². The van der Waals surface area contributed by atoms with Gasteiger partial charge in [-0.3, -0.25) is 9.59 Å². The van der Waals surface area contributed by atoms with Crippen LogP contribution in [0.1, 0.15) is 81.6 Å². The number of carbonyl (C=O) groups is 2. The molecule has 1 aromatic heterocycles. The number of fused-ring (bicyclic) bond motifs is 1. The highest BCUT2D eigenvalue weighted by Crippen LogP contribution is 2.41. The minimum atomic E-state index is -3.05. The Morgan fingerprint density at radius 3 is 2.38 bits per heavy atom. The van der Waals surface area contributed by atoms with E-state index in [1.54, 1.807) is 9.80 Å². The Kier molecular flexibility index (Phi) is 14.1. The number of nitrogens with zero attached hydrogens (tertiary/aromatic N) is 4. The van der Waals surface area contributed by atoms with Crippen molar-refractivity contribution in [2.45, 2.75) is 78.4 Å². The third kappa shape index (κ3) is 9.07. The summed E-state index contributed by atoms with van der Waals surface area (Å²) in [6.07, 6.45) is 16.3. The van der Waals surface area contributed by atoms with Gasteiger partial charge in [-0.25, -0.2) is 4.98 Å². The Balaban J connectivity index is 0.00000111. The van der Waals surface area contributed by atoms with Gasteiger partial charge in [0, 0.05) is 56.8 Å². The molecule has 5 rings (SSSR count). The van der Waals surface area contributed by atoms with E-state index in [4.69, 9.17) is 5.73 Å². The van der Waals surface area contributed by atoms with Gasteiger partial charge in [-0.2, -0.15) is 8.78 Å². The van der Waals surface area contributed by atoms with Gasteiger partial charge in [0.25, 0.3) is 5.91 Å². The van der Waals surface area contributed by atoms with Crippen molar-refractivity contribution in [2.24, 2.45) is 0 Å². The average Bonchev–Trinajstić information content (AvgIpc) is 3.88. The van der Waals surface area contributed by atoms with Crippen LogP contribution in [0, 0.1) is 12.8 Å². The van der Waals surface area contributed by atoms with Gasteiger partial charge in [0.05, 0.1) is 17.3 Å². The van der Waals surface area contributed by atoms with Gasteiger partial charge in [-0.05, 0) is 60.9 Å². The van der Waals surface area contributed by atoms with Crippen molar-refractivity contribution >= 4 is 23.2 Å². The molecule has 0 radical (unpaired) electrons. The standard InChI is InChI=1S/C29H33F2N5O3.C3H8.C2H2.CH4/c1-3-27(37)35-13-4-5-21-24(34(2)20-10-8-19(9-11-20)18-6-7-18)12-14-36(25(21)17-35)28(38)22-16-33-26(15-23(22)32)39-29(30)31;1-3-2;1-2;/h3,8-11,15-16,18,25,29H,1,4-7,12-14,17H2,2H3,(H2,32,33);3H2,1-2H3;1-2H;1H4. The highest BCUT2D eigenvalue weighted by molar-refractivity contribution is 5.99. The number of pyridine rings is 1. The Morgan fingerprint density at radius 2 is 1.82 bits per heavy atom. The third-order valence-electron chi connectivity index (χ3n) is 7.84. The molecule has 1 aliphatic carbocycles. The zero-order chi connectivity index (χ0) is 32.4. The van der Waals surface area contributed by atoms with Crippen LogP contribution < -0.4 is 15.4 Å². The lowest BCUT2D eigenvalue weighted by Crippen LogP contribution is -2.51. The number of hydrogen-bond donors (Lipinski definition) is 1. The van der Waals surface area contributed by atoms with Crippen LogP contribution in [0.3, 0.4) is 0 Å². The van der Waals surface area contributed by atoms with Crippen molar-refractivity contribution < 1.29 is 23.1 Å². The first-order valence-electron chi connectivity index (χ1n) is 15.0. The monoisotopic (exact) mass is 623 g/mol. The predicted octanol–water partition coefficient (Wildman–Crippen LogP) is 6.86. The lowest BCUT2D eigenvalue weighted by molar-refractivity contribution is -0.126. The van der Waals surface area contributed by atoms with Crippen LogP contribution in [0.15, 0.2) is 60.5 Å². The van der Waals surface area contributed by atoms with Crippen molar-refractivity contribution in [1.29, 1.82) is 0 Å². The predicted molar refractivity (Wildman–Crippen MR) is 177 cm³/mol. The summed E-state index contributed by atoms with van der Waals surface area (Å²) >= 11 is 0. The van der Waals surface area contributed by atoms with E-state index in [2.05, 4.69) is 72.2 Å². The molecular formula is C35H47F2N5O3. The zero-order valence-corrected chi connectivity index (χ0v) is 25.8. The molecule has 2 aliphatic heterocycles. The summed E-state index contributed by atoms with van der Waals surface area (Å²) in [4.78, 5) is 35.9. The number of terminal acetylenes is 1.